The van der Waals surface area contributed by atoms with E-state index in [4.69, 9.17) is 5.73 Å². The molecule has 3 rings (SSSR count). The number of carbonyl (C=O) groups is 1. The van der Waals surface area contributed by atoms with Gasteiger partial charge in [-0.15, -0.1) is 45.3 Å². The van der Waals surface area contributed by atoms with Gasteiger partial charge in [0.25, 0.3) is 0 Å². The Morgan fingerprint density at radius 1 is 1.10 bits per heavy atom. The van der Waals surface area contributed by atoms with E-state index in [1.807, 2.05) is 65.0 Å². The van der Waals surface area contributed by atoms with Crippen LogP contribution >= 0.6 is 45.3 Å². The first-order valence-electron chi connectivity index (χ1n) is 12.4. The number of halogens is 2. The van der Waals surface area contributed by atoms with E-state index in [2.05, 4.69) is 10.3 Å². The van der Waals surface area contributed by atoms with Gasteiger partial charge < -0.3 is 16.2 Å². The molecule has 0 spiro atoms. The molecule has 0 unspecified atom stereocenters. The Balaban J connectivity index is 0.00000380. The molecule has 0 bridgehead atoms. The Bertz CT molecular complexity index is 1300. The number of benzene rings is 2. The number of aliphatic hydroxyl groups excluding tert-OH is 1. The van der Waals surface area contributed by atoms with E-state index in [9.17, 15) is 18.3 Å². The molecule has 218 valence electrons. The largest absolute Gasteiger partial charge is 0.390 e. The molecular weight excluding hydrogens is 668 g/mol. The SMILES string of the molecule is Br.Br.CC(C)CN(C[C@@H](O)[C@H](Cc1ccccc1)NC(=O)[C@@H](N)C(C)(C)C)S(=O)(=O)c1ccc2ncsc2c1. The van der Waals surface area contributed by atoms with Crippen molar-refractivity contribution in [2.45, 2.75) is 64.1 Å². The molecule has 0 saturated carbocycles. The van der Waals surface area contributed by atoms with E-state index < -0.39 is 33.6 Å². The van der Waals surface area contributed by atoms with Crippen LogP contribution in [-0.2, 0) is 21.2 Å². The molecule has 12 heteroatoms. The predicted octanol–water partition coefficient (Wildman–Crippen LogP) is 4.56. The number of hydrogen-bond donors (Lipinski definition) is 3. The second-order valence-corrected chi connectivity index (χ2v) is 13.7. The van der Waals surface area contributed by atoms with Gasteiger partial charge in [0.15, 0.2) is 0 Å². The molecule has 1 amide bonds. The summed E-state index contributed by atoms with van der Waals surface area (Å²) >= 11 is 1.37. The Labute approximate surface area is 257 Å². The van der Waals surface area contributed by atoms with Crippen LogP contribution in [0, 0.1) is 11.3 Å². The van der Waals surface area contributed by atoms with Crippen LogP contribution in [0.15, 0.2) is 58.9 Å². The van der Waals surface area contributed by atoms with E-state index in [0.717, 1.165) is 15.8 Å². The minimum atomic E-state index is -3.92. The highest BCUT2D eigenvalue weighted by Gasteiger charge is 2.34. The third kappa shape index (κ3) is 9.58. The van der Waals surface area contributed by atoms with Crippen molar-refractivity contribution >= 4 is 71.4 Å². The van der Waals surface area contributed by atoms with Gasteiger partial charge in [0.2, 0.25) is 15.9 Å². The lowest BCUT2D eigenvalue weighted by Gasteiger charge is -2.33. The van der Waals surface area contributed by atoms with Crippen molar-refractivity contribution in [3.05, 3.63) is 59.6 Å². The second kappa shape index (κ2) is 15.0. The molecule has 0 aliphatic carbocycles. The van der Waals surface area contributed by atoms with Gasteiger partial charge in [-0.25, -0.2) is 13.4 Å². The van der Waals surface area contributed by atoms with Crippen molar-refractivity contribution < 1.29 is 18.3 Å². The normalized spacial score (nSPS) is 14.4. The fourth-order valence-corrected chi connectivity index (χ4v) is 6.42. The summed E-state index contributed by atoms with van der Waals surface area (Å²) in [6, 6.07) is 12.8. The van der Waals surface area contributed by atoms with Crippen molar-refractivity contribution in [2.75, 3.05) is 13.1 Å². The van der Waals surface area contributed by atoms with Gasteiger partial charge in [-0.1, -0.05) is 65.0 Å². The summed E-state index contributed by atoms with van der Waals surface area (Å²) in [5.74, 6) is -0.369. The molecule has 8 nitrogen and oxygen atoms in total. The van der Waals surface area contributed by atoms with Gasteiger partial charge in [-0.3, -0.25) is 4.79 Å². The summed E-state index contributed by atoms with van der Waals surface area (Å²) in [7, 11) is -3.92. The zero-order valence-electron chi connectivity index (χ0n) is 22.9. The van der Waals surface area contributed by atoms with Gasteiger partial charge in [0.05, 0.1) is 38.8 Å². The minimum Gasteiger partial charge on any atom is -0.390 e. The number of rotatable bonds is 11. The Morgan fingerprint density at radius 3 is 2.33 bits per heavy atom. The number of hydrogen-bond acceptors (Lipinski definition) is 7. The number of amides is 1. The second-order valence-electron chi connectivity index (χ2n) is 10.9. The first-order chi connectivity index (χ1) is 17.3. The molecule has 1 heterocycles. The molecule has 0 fully saturated rings. The van der Waals surface area contributed by atoms with Crippen LogP contribution in [0.4, 0.5) is 0 Å². The molecule has 0 saturated heterocycles. The molecule has 4 N–H and O–H groups in total. The molecule has 2 aromatic carbocycles. The fraction of sp³-hybridized carbons (Fsp3) is 0.481. The Morgan fingerprint density at radius 2 is 1.74 bits per heavy atom. The van der Waals surface area contributed by atoms with Crippen molar-refractivity contribution in [3.63, 3.8) is 0 Å². The molecule has 1 aromatic heterocycles. The lowest BCUT2D eigenvalue weighted by atomic mass is 9.86. The van der Waals surface area contributed by atoms with Crippen LogP contribution in [0.25, 0.3) is 10.2 Å². The summed E-state index contributed by atoms with van der Waals surface area (Å²) in [6.45, 7) is 9.50. The summed E-state index contributed by atoms with van der Waals surface area (Å²) < 4.78 is 29.5. The van der Waals surface area contributed by atoms with Gasteiger partial charge in [0, 0.05) is 13.1 Å². The highest BCUT2D eigenvalue weighted by Crippen LogP contribution is 2.25. The molecule has 0 aliphatic rings. The quantitative estimate of drug-likeness (QED) is 0.269. The first-order valence-corrected chi connectivity index (χ1v) is 14.7. The molecule has 0 aliphatic heterocycles. The minimum absolute atomic E-state index is 0. The van der Waals surface area contributed by atoms with Crippen molar-refractivity contribution in [3.8, 4) is 0 Å². The number of sulfonamides is 1. The lowest BCUT2D eigenvalue weighted by molar-refractivity contribution is -0.126. The standard InChI is InChI=1S/C27H38N4O4S2.2BrH/c1-18(2)15-31(37(34,35)20-11-12-21-24(14-20)36-17-29-21)16-23(32)22(13-19-9-7-6-8-10-19)30-26(33)25(28)27(3,4)5;;/h6-12,14,17-18,22-23,25,32H,13,15-16,28H2,1-5H3,(H,30,33);2*1H/t22-,23+,25+;;/m0../s1. The summed E-state index contributed by atoms with van der Waals surface area (Å²) in [5.41, 5.74) is 9.02. The Hall–Kier alpha value is -1.41. The van der Waals surface area contributed by atoms with Crippen LogP contribution in [0.3, 0.4) is 0 Å². The van der Waals surface area contributed by atoms with Crippen LogP contribution in [0.1, 0.15) is 40.2 Å². The highest BCUT2D eigenvalue weighted by molar-refractivity contribution is 8.93. The third-order valence-corrected chi connectivity index (χ3v) is 8.83. The van der Waals surface area contributed by atoms with E-state index >= 15 is 0 Å². The van der Waals surface area contributed by atoms with Crippen LogP contribution in [0.5, 0.6) is 0 Å². The van der Waals surface area contributed by atoms with Crippen molar-refractivity contribution in [2.24, 2.45) is 17.1 Å². The number of thiazole rings is 1. The molecule has 39 heavy (non-hydrogen) atoms. The van der Waals surface area contributed by atoms with Crippen LogP contribution < -0.4 is 11.1 Å². The predicted molar refractivity (Wildman–Crippen MR) is 169 cm³/mol. The zero-order valence-corrected chi connectivity index (χ0v) is 28.0. The van der Waals surface area contributed by atoms with E-state index in [1.54, 1.807) is 23.7 Å². The molecule has 3 aromatic rings. The average molecular weight is 709 g/mol. The maximum absolute atomic E-state index is 13.7. The number of fused-ring (bicyclic) bond motifs is 1. The monoisotopic (exact) mass is 706 g/mol. The lowest BCUT2D eigenvalue weighted by Crippen LogP contribution is -2.56. The van der Waals surface area contributed by atoms with E-state index in [1.165, 1.54) is 15.6 Å². The topological polar surface area (TPSA) is 126 Å². The van der Waals surface area contributed by atoms with E-state index in [0.29, 0.717) is 6.42 Å². The summed E-state index contributed by atoms with van der Waals surface area (Å²) in [5, 5.41) is 14.3. The number of aliphatic hydroxyl groups is 1. The number of nitrogens with two attached hydrogens (primary N) is 1. The van der Waals surface area contributed by atoms with Crippen LogP contribution in [-0.4, -0.2) is 60.0 Å². The molecular formula is C27H40Br2N4O4S2. The Kier molecular flexibility index (Phi) is 13.7. The maximum atomic E-state index is 13.7. The fourth-order valence-electron chi connectivity index (χ4n) is 3.98. The van der Waals surface area contributed by atoms with Gasteiger partial charge >= 0.3 is 0 Å². The number of nitrogens with zero attached hydrogens (tertiary/aromatic N) is 2. The average Bonchev–Trinajstić information content (AvgIpc) is 3.30. The van der Waals surface area contributed by atoms with E-state index in [-0.39, 0.29) is 63.8 Å². The number of carbonyl (C=O) groups excluding carboxylic acids is 1. The van der Waals surface area contributed by atoms with Crippen molar-refractivity contribution in [1.29, 1.82) is 0 Å². The summed E-state index contributed by atoms with van der Waals surface area (Å²) in [4.78, 5) is 17.4. The van der Waals surface area contributed by atoms with Gasteiger partial charge in [0.1, 0.15) is 0 Å². The summed E-state index contributed by atoms with van der Waals surface area (Å²) in [6.07, 6.45) is -0.843. The third-order valence-electron chi connectivity index (χ3n) is 6.21. The molecule has 0 radical (unpaired) electrons. The number of aromatic nitrogens is 1. The van der Waals surface area contributed by atoms with Gasteiger partial charge in [-0.05, 0) is 41.5 Å². The smallest absolute Gasteiger partial charge is 0.243 e. The zero-order chi connectivity index (χ0) is 27.4. The van der Waals surface area contributed by atoms with Gasteiger partial charge in [-0.2, -0.15) is 4.31 Å². The van der Waals surface area contributed by atoms with Crippen molar-refractivity contribution in [1.82, 2.24) is 14.6 Å². The number of nitrogens with one attached hydrogen (secondary N) is 1. The molecule has 3 atom stereocenters. The highest BCUT2D eigenvalue weighted by atomic mass is 79.9. The maximum Gasteiger partial charge on any atom is 0.243 e. The van der Waals surface area contributed by atoms with Crippen LogP contribution in [0.2, 0.25) is 0 Å². The first kappa shape index (κ1) is 35.6.